The van der Waals surface area contributed by atoms with Gasteiger partial charge in [0.25, 0.3) is 0 Å². The molecule has 19 heavy (non-hydrogen) atoms. The molecule has 0 aromatic heterocycles. The standard InChI is InChI=1S/C14H16ClNO3/c1-2-4-12(14(18)19)16-13(17)8-7-10-5-3-6-11(15)9-10/h3,5-9,12H,2,4H2,1H3,(H,16,17)(H,18,19)/b8-7+/t12-/m0/s1. The first-order chi connectivity index (χ1) is 9.02. The van der Waals surface area contributed by atoms with E-state index in [4.69, 9.17) is 16.7 Å². The molecule has 1 aromatic rings. The molecule has 1 atom stereocenters. The second-order valence-electron chi connectivity index (χ2n) is 4.08. The van der Waals surface area contributed by atoms with Crippen LogP contribution in [0.1, 0.15) is 25.3 Å². The number of carbonyl (C=O) groups excluding carboxylic acids is 1. The van der Waals surface area contributed by atoms with E-state index in [-0.39, 0.29) is 0 Å². The van der Waals surface area contributed by atoms with Crippen LogP contribution in [0.5, 0.6) is 0 Å². The van der Waals surface area contributed by atoms with Gasteiger partial charge in [0.2, 0.25) is 5.91 Å². The van der Waals surface area contributed by atoms with Crippen LogP contribution in [0.4, 0.5) is 0 Å². The number of carbonyl (C=O) groups is 2. The van der Waals surface area contributed by atoms with Crippen molar-refractivity contribution in [1.82, 2.24) is 5.32 Å². The molecule has 102 valence electrons. The van der Waals surface area contributed by atoms with E-state index in [0.717, 1.165) is 5.56 Å². The molecule has 0 heterocycles. The first kappa shape index (κ1) is 15.2. The van der Waals surface area contributed by atoms with Gasteiger partial charge < -0.3 is 10.4 Å². The second kappa shape index (κ2) is 7.59. The number of carboxylic acids is 1. The molecule has 0 saturated carbocycles. The third-order valence-corrected chi connectivity index (χ3v) is 2.70. The van der Waals surface area contributed by atoms with E-state index >= 15 is 0 Å². The predicted molar refractivity (Wildman–Crippen MR) is 75.0 cm³/mol. The summed E-state index contributed by atoms with van der Waals surface area (Å²) in [6.07, 6.45) is 3.99. The fraction of sp³-hybridized carbons (Fsp3) is 0.286. The Kier molecular flexibility index (Phi) is 6.09. The lowest BCUT2D eigenvalue weighted by Gasteiger charge is -2.11. The van der Waals surface area contributed by atoms with Gasteiger partial charge in [-0.05, 0) is 30.2 Å². The van der Waals surface area contributed by atoms with Gasteiger partial charge in [-0.3, -0.25) is 4.79 Å². The minimum atomic E-state index is -1.02. The number of hydrogen-bond donors (Lipinski definition) is 2. The summed E-state index contributed by atoms with van der Waals surface area (Å²) in [4.78, 5) is 22.5. The molecule has 0 radical (unpaired) electrons. The Bertz CT molecular complexity index is 485. The van der Waals surface area contributed by atoms with Gasteiger partial charge in [0.15, 0.2) is 0 Å². The Morgan fingerprint density at radius 2 is 2.21 bits per heavy atom. The van der Waals surface area contributed by atoms with Gasteiger partial charge in [0, 0.05) is 11.1 Å². The summed E-state index contributed by atoms with van der Waals surface area (Å²) in [5, 5.41) is 11.9. The molecule has 4 nitrogen and oxygen atoms in total. The molecule has 0 fully saturated rings. The first-order valence-electron chi connectivity index (χ1n) is 6.00. The summed E-state index contributed by atoms with van der Waals surface area (Å²) in [7, 11) is 0. The average molecular weight is 282 g/mol. The van der Waals surface area contributed by atoms with Gasteiger partial charge in [-0.15, -0.1) is 0 Å². The van der Waals surface area contributed by atoms with E-state index < -0.39 is 17.9 Å². The third kappa shape index (κ3) is 5.57. The molecule has 0 aliphatic rings. The van der Waals surface area contributed by atoms with Crippen LogP contribution in [0, 0.1) is 0 Å². The lowest BCUT2D eigenvalue weighted by molar-refractivity contribution is -0.141. The van der Waals surface area contributed by atoms with Crippen molar-refractivity contribution in [2.75, 3.05) is 0 Å². The molecule has 0 unspecified atom stereocenters. The summed E-state index contributed by atoms with van der Waals surface area (Å²) >= 11 is 5.82. The Balaban J connectivity index is 2.61. The molecule has 0 spiro atoms. The third-order valence-electron chi connectivity index (χ3n) is 2.47. The predicted octanol–water partition coefficient (Wildman–Crippen LogP) is 2.72. The molecule has 5 heteroatoms. The highest BCUT2D eigenvalue weighted by Crippen LogP contribution is 2.11. The Labute approximate surface area is 117 Å². The molecule has 0 saturated heterocycles. The number of hydrogen-bond acceptors (Lipinski definition) is 2. The largest absolute Gasteiger partial charge is 0.480 e. The number of halogens is 1. The van der Waals surface area contributed by atoms with Crippen molar-refractivity contribution in [2.45, 2.75) is 25.8 Å². The van der Waals surface area contributed by atoms with Crippen LogP contribution in [-0.4, -0.2) is 23.0 Å². The van der Waals surface area contributed by atoms with Crippen molar-refractivity contribution >= 4 is 29.6 Å². The average Bonchev–Trinajstić information content (AvgIpc) is 2.36. The minimum Gasteiger partial charge on any atom is -0.480 e. The van der Waals surface area contributed by atoms with Gasteiger partial charge in [0.1, 0.15) is 6.04 Å². The van der Waals surface area contributed by atoms with Crippen molar-refractivity contribution < 1.29 is 14.7 Å². The zero-order valence-corrected chi connectivity index (χ0v) is 11.4. The fourth-order valence-corrected chi connectivity index (χ4v) is 1.75. The Morgan fingerprint density at radius 3 is 2.79 bits per heavy atom. The molecular weight excluding hydrogens is 266 g/mol. The molecule has 1 rings (SSSR count). The van der Waals surface area contributed by atoms with Gasteiger partial charge in [-0.1, -0.05) is 37.1 Å². The van der Waals surface area contributed by atoms with Crippen molar-refractivity contribution in [2.24, 2.45) is 0 Å². The molecule has 0 aliphatic heterocycles. The van der Waals surface area contributed by atoms with Gasteiger partial charge in [-0.25, -0.2) is 4.79 Å². The van der Waals surface area contributed by atoms with Gasteiger partial charge >= 0.3 is 5.97 Å². The lowest BCUT2D eigenvalue weighted by atomic mass is 10.1. The minimum absolute atomic E-state index is 0.409. The van der Waals surface area contributed by atoms with E-state index in [9.17, 15) is 9.59 Å². The van der Waals surface area contributed by atoms with Crippen LogP contribution in [0.25, 0.3) is 6.08 Å². The van der Waals surface area contributed by atoms with Crippen LogP contribution in [0.15, 0.2) is 30.3 Å². The highest BCUT2D eigenvalue weighted by molar-refractivity contribution is 6.30. The zero-order valence-electron chi connectivity index (χ0n) is 10.6. The topological polar surface area (TPSA) is 66.4 Å². The number of nitrogens with one attached hydrogen (secondary N) is 1. The van der Waals surface area contributed by atoms with Gasteiger partial charge in [-0.2, -0.15) is 0 Å². The number of carboxylic acid groups (broad SMARTS) is 1. The number of amides is 1. The highest BCUT2D eigenvalue weighted by Gasteiger charge is 2.17. The van der Waals surface area contributed by atoms with Crippen molar-refractivity contribution in [3.8, 4) is 0 Å². The molecular formula is C14H16ClNO3. The number of aliphatic carboxylic acids is 1. The van der Waals surface area contributed by atoms with Crippen molar-refractivity contribution in [3.63, 3.8) is 0 Å². The summed E-state index contributed by atoms with van der Waals surface area (Å²) in [6, 6.07) is 6.18. The maximum Gasteiger partial charge on any atom is 0.326 e. The van der Waals surface area contributed by atoms with Crippen molar-refractivity contribution in [1.29, 1.82) is 0 Å². The summed E-state index contributed by atoms with van der Waals surface area (Å²) in [5.41, 5.74) is 0.782. The monoisotopic (exact) mass is 281 g/mol. The van der Waals surface area contributed by atoms with Crippen LogP contribution >= 0.6 is 11.6 Å². The number of rotatable bonds is 6. The second-order valence-corrected chi connectivity index (χ2v) is 4.51. The normalized spacial score (nSPS) is 12.3. The first-order valence-corrected chi connectivity index (χ1v) is 6.37. The molecule has 1 aromatic carbocycles. The van der Waals surface area contributed by atoms with Crippen molar-refractivity contribution in [3.05, 3.63) is 40.9 Å². The van der Waals surface area contributed by atoms with E-state index in [1.54, 1.807) is 30.3 Å². The highest BCUT2D eigenvalue weighted by atomic mass is 35.5. The van der Waals surface area contributed by atoms with Gasteiger partial charge in [0.05, 0.1) is 0 Å². The summed E-state index contributed by atoms with van der Waals surface area (Å²) in [5.74, 6) is -1.45. The molecule has 0 bridgehead atoms. The van der Waals surface area contributed by atoms with E-state index in [0.29, 0.717) is 17.9 Å². The summed E-state index contributed by atoms with van der Waals surface area (Å²) in [6.45, 7) is 1.86. The van der Waals surface area contributed by atoms with Crippen LogP contribution in [-0.2, 0) is 9.59 Å². The fourth-order valence-electron chi connectivity index (χ4n) is 1.55. The van der Waals surface area contributed by atoms with Crippen LogP contribution in [0.2, 0.25) is 5.02 Å². The summed E-state index contributed by atoms with van der Waals surface area (Å²) < 4.78 is 0. The van der Waals surface area contributed by atoms with Crippen LogP contribution < -0.4 is 5.32 Å². The van der Waals surface area contributed by atoms with E-state index in [1.165, 1.54) is 6.08 Å². The lowest BCUT2D eigenvalue weighted by Crippen LogP contribution is -2.39. The zero-order chi connectivity index (χ0) is 14.3. The SMILES string of the molecule is CCC[C@H](NC(=O)/C=C/c1cccc(Cl)c1)C(=O)O. The Hall–Kier alpha value is -1.81. The van der Waals surface area contributed by atoms with E-state index in [2.05, 4.69) is 5.32 Å². The molecule has 0 aliphatic carbocycles. The van der Waals surface area contributed by atoms with E-state index in [1.807, 2.05) is 6.92 Å². The Morgan fingerprint density at radius 1 is 1.47 bits per heavy atom. The smallest absolute Gasteiger partial charge is 0.326 e. The molecule has 2 N–H and O–H groups in total. The maximum absolute atomic E-state index is 11.6. The number of benzene rings is 1. The quantitative estimate of drug-likeness (QED) is 0.788. The maximum atomic E-state index is 11.6. The van der Waals surface area contributed by atoms with Crippen LogP contribution in [0.3, 0.4) is 0 Å². The molecule has 1 amide bonds.